The largest absolute Gasteiger partial charge is 0.479 e. The highest BCUT2D eigenvalue weighted by molar-refractivity contribution is 7.98. The summed E-state index contributed by atoms with van der Waals surface area (Å²) in [5, 5.41) is 40.3. The summed E-state index contributed by atoms with van der Waals surface area (Å²) >= 11 is 8.45. The fourth-order valence-electron chi connectivity index (χ4n) is 3.44. The van der Waals surface area contributed by atoms with E-state index in [0.717, 1.165) is 54.0 Å². The van der Waals surface area contributed by atoms with Crippen molar-refractivity contribution >= 4 is 41.0 Å². The lowest BCUT2D eigenvalue weighted by Crippen LogP contribution is -2.39. The van der Waals surface area contributed by atoms with E-state index < -0.39 is 24.1 Å². The molecule has 2 unspecified atom stereocenters. The fraction of sp³-hybridized carbons (Fsp3) is 0.480. The van der Waals surface area contributed by atoms with Gasteiger partial charge >= 0.3 is 11.9 Å². The number of aliphatic hydroxyl groups excluding tert-OH is 2. The average Bonchev–Trinajstić information content (AvgIpc) is 3.09. The van der Waals surface area contributed by atoms with E-state index in [0.29, 0.717) is 6.54 Å². The SMILES string of the molecule is CC(C)CSCc1ccc(CNc2c(Cl)ccc3c2CCNCC3)nc1.O=C(O)C(O)C(O)C(=O)O. The number of hydrogen-bond acceptors (Lipinski definition) is 8. The van der Waals surface area contributed by atoms with Crippen LogP contribution in [0.2, 0.25) is 5.02 Å². The van der Waals surface area contributed by atoms with Gasteiger partial charge in [-0.05, 0) is 66.4 Å². The summed E-state index contributed by atoms with van der Waals surface area (Å²) in [4.78, 5) is 24.2. The van der Waals surface area contributed by atoms with E-state index >= 15 is 0 Å². The number of aliphatic hydroxyl groups is 2. The Morgan fingerprint density at radius 3 is 2.33 bits per heavy atom. The van der Waals surface area contributed by atoms with Gasteiger partial charge in [-0.2, -0.15) is 11.8 Å². The molecule has 1 aromatic carbocycles. The third-order valence-corrected chi connectivity index (χ3v) is 7.09. The van der Waals surface area contributed by atoms with Gasteiger partial charge in [0.2, 0.25) is 0 Å². The molecular weight excluding hydrogens is 506 g/mol. The van der Waals surface area contributed by atoms with Gasteiger partial charge in [0.1, 0.15) is 0 Å². The number of hydrogen-bond donors (Lipinski definition) is 6. The van der Waals surface area contributed by atoms with Crippen LogP contribution in [0.3, 0.4) is 0 Å². The van der Waals surface area contributed by atoms with Crippen molar-refractivity contribution in [2.24, 2.45) is 5.92 Å². The number of aromatic nitrogens is 1. The number of carboxylic acid groups (broad SMARTS) is 2. The smallest absolute Gasteiger partial charge is 0.335 e. The van der Waals surface area contributed by atoms with Crippen molar-refractivity contribution in [2.45, 2.75) is 51.2 Å². The maximum absolute atomic E-state index is 9.77. The van der Waals surface area contributed by atoms with Crippen LogP contribution in [0.15, 0.2) is 30.5 Å². The van der Waals surface area contributed by atoms with Gasteiger partial charge in [-0.25, -0.2) is 9.59 Å². The molecule has 11 heteroatoms. The molecule has 2 heterocycles. The van der Waals surface area contributed by atoms with Crippen molar-refractivity contribution in [1.29, 1.82) is 0 Å². The number of benzene rings is 1. The minimum absolute atomic E-state index is 0.697. The van der Waals surface area contributed by atoms with Gasteiger partial charge in [-0.1, -0.05) is 37.6 Å². The van der Waals surface area contributed by atoms with Crippen LogP contribution in [0.5, 0.6) is 0 Å². The number of aliphatic carboxylic acids is 2. The second-order valence-corrected chi connectivity index (χ2v) is 10.2. The summed E-state index contributed by atoms with van der Waals surface area (Å²) in [6.07, 6.45) is -0.462. The number of halogens is 1. The lowest BCUT2D eigenvalue weighted by Gasteiger charge is -2.16. The van der Waals surface area contributed by atoms with E-state index in [4.69, 9.17) is 32.0 Å². The van der Waals surface area contributed by atoms with Crippen molar-refractivity contribution in [1.82, 2.24) is 10.3 Å². The van der Waals surface area contributed by atoms with Gasteiger partial charge in [0, 0.05) is 11.9 Å². The molecule has 36 heavy (non-hydrogen) atoms. The number of fused-ring (bicyclic) bond motifs is 1. The lowest BCUT2D eigenvalue weighted by molar-refractivity contribution is -0.165. The van der Waals surface area contributed by atoms with Crippen LogP contribution in [-0.4, -0.2) is 68.4 Å². The first-order valence-electron chi connectivity index (χ1n) is 11.7. The minimum atomic E-state index is -2.27. The molecule has 198 valence electrons. The van der Waals surface area contributed by atoms with Gasteiger partial charge in [0.05, 0.1) is 22.9 Å². The second kappa shape index (κ2) is 15.0. The van der Waals surface area contributed by atoms with Gasteiger partial charge < -0.3 is 31.1 Å². The minimum Gasteiger partial charge on any atom is -0.479 e. The Balaban J connectivity index is 0.000000388. The van der Waals surface area contributed by atoms with Gasteiger partial charge in [0.15, 0.2) is 12.2 Å². The molecule has 0 spiro atoms. The van der Waals surface area contributed by atoms with E-state index in [-0.39, 0.29) is 0 Å². The Kier molecular flexibility index (Phi) is 12.5. The van der Waals surface area contributed by atoms with Crippen LogP contribution in [0.25, 0.3) is 0 Å². The number of rotatable bonds is 10. The maximum atomic E-state index is 9.77. The molecule has 0 saturated carbocycles. The lowest BCUT2D eigenvalue weighted by atomic mass is 10.0. The molecule has 1 aliphatic heterocycles. The Morgan fingerprint density at radius 2 is 1.75 bits per heavy atom. The van der Waals surface area contributed by atoms with Crippen LogP contribution in [-0.2, 0) is 34.7 Å². The zero-order chi connectivity index (χ0) is 26.7. The molecule has 0 aliphatic carbocycles. The number of carboxylic acids is 2. The monoisotopic (exact) mass is 539 g/mol. The molecule has 1 aromatic heterocycles. The highest BCUT2D eigenvalue weighted by Gasteiger charge is 2.29. The summed E-state index contributed by atoms with van der Waals surface area (Å²) in [5.41, 5.74) is 6.16. The van der Waals surface area contributed by atoms with Crippen LogP contribution in [0.4, 0.5) is 5.69 Å². The van der Waals surface area contributed by atoms with Crippen molar-refractivity contribution in [3.8, 4) is 0 Å². The Hall–Kier alpha value is -2.37. The summed E-state index contributed by atoms with van der Waals surface area (Å²) in [6, 6.07) is 8.48. The second-order valence-electron chi connectivity index (χ2n) is 8.80. The number of nitrogens with zero attached hydrogens (tertiary/aromatic N) is 1. The van der Waals surface area contributed by atoms with Gasteiger partial charge in [-0.15, -0.1) is 0 Å². The normalized spacial score (nSPS) is 14.6. The van der Waals surface area contributed by atoms with E-state index in [9.17, 15) is 9.59 Å². The highest BCUT2D eigenvalue weighted by Crippen LogP contribution is 2.31. The molecule has 3 rings (SSSR count). The predicted molar refractivity (Wildman–Crippen MR) is 142 cm³/mol. The van der Waals surface area contributed by atoms with Crippen LogP contribution >= 0.6 is 23.4 Å². The molecule has 1 aliphatic rings. The number of carbonyl (C=O) groups is 2. The molecular formula is C25H34ClN3O6S. The van der Waals surface area contributed by atoms with E-state index in [2.05, 4.69) is 47.7 Å². The molecule has 6 N–H and O–H groups in total. The highest BCUT2D eigenvalue weighted by atomic mass is 35.5. The van der Waals surface area contributed by atoms with E-state index in [1.807, 2.05) is 24.0 Å². The van der Waals surface area contributed by atoms with Crippen molar-refractivity contribution in [2.75, 3.05) is 24.2 Å². The molecule has 0 fully saturated rings. The van der Waals surface area contributed by atoms with Crippen molar-refractivity contribution in [3.05, 3.63) is 57.9 Å². The van der Waals surface area contributed by atoms with Crippen LogP contribution in [0.1, 0.15) is 36.2 Å². The predicted octanol–water partition coefficient (Wildman–Crippen LogP) is 2.80. The number of nitrogens with one attached hydrogen (secondary N) is 2. The first kappa shape index (κ1) is 29.9. The van der Waals surface area contributed by atoms with E-state index in [1.165, 1.54) is 22.4 Å². The molecule has 0 radical (unpaired) electrons. The van der Waals surface area contributed by atoms with Crippen LogP contribution in [0, 0.1) is 5.92 Å². The molecule has 0 bridgehead atoms. The summed E-state index contributed by atoms with van der Waals surface area (Å²) in [5.74, 6) is -0.582. The molecule has 9 nitrogen and oxygen atoms in total. The third kappa shape index (κ3) is 9.59. The summed E-state index contributed by atoms with van der Waals surface area (Å²) in [6.45, 7) is 7.24. The van der Waals surface area contributed by atoms with Crippen LogP contribution < -0.4 is 10.6 Å². The van der Waals surface area contributed by atoms with E-state index in [1.54, 1.807) is 0 Å². The maximum Gasteiger partial charge on any atom is 0.335 e. The third-order valence-electron chi connectivity index (χ3n) is 5.34. The van der Waals surface area contributed by atoms with Gasteiger partial charge in [0.25, 0.3) is 0 Å². The van der Waals surface area contributed by atoms with Crippen molar-refractivity contribution < 1.29 is 30.0 Å². The number of pyridine rings is 1. The topological polar surface area (TPSA) is 152 Å². The Morgan fingerprint density at radius 1 is 1.08 bits per heavy atom. The molecule has 0 saturated heterocycles. The molecule has 2 aromatic rings. The quantitative estimate of drug-likeness (QED) is 0.266. The first-order valence-corrected chi connectivity index (χ1v) is 13.2. The number of anilines is 1. The zero-order valence-electron chi connectivity index (χ0n) is 20.4. The van der Waals surface area contributed by atoms with Gasteiger partial charge in [-0.3, -0.25) is 4.98 Å². The summed E-state index contributed by atoms with van der Waals surface area (Å²) in [7, 11) is 0. The zero-order valence-corrected chi connectivity index (χ0v) is 22.0. The Labute approximate surface area is 220 Å². The standard InChI is InChI=1S/C21H28ClN3S.C4H6O6/c1-15(2)13-26-14-16-3-5-18(24-11-16)12-25-21-19-8-10-23-9-7-17(19)4-6-20(21)22;5-1(3(7)8)2(6)4(9)10/h3-6,11,15,23,25H,7-10,12-14H2,1-2H3;1-2,5-6H,(H,7,8)(H,9,10). The molecule has 0 amide bonds. The number of thioether (sulfide) groups is 1. The Bertz CT molecular complexity index is 988. The summed E-state index contributed by atoms with van der Waals surface area (Å²) < 4.78 is 0. The first-order chi connectivity index (χ1) is 17.1. The average molecular weight is 540 g/mol. The fourth-order valence-corrected chi connectivity index (χ4v) is 4.68. The van der Waals surface area contributed by atoms with Crippen molar-refractivity contribution in [3.63, 3.8) is 0 Å². The molecule has 2 atom stereocenters.